The summed E-state index contributed by atoms with van der Waals surface area (Å²) in [4.78, 5) is 24.2. The third-order valence-corrected chi connectivity index (χ3v) is 6.21. The Labute approximate surface area is 157 Å². The van der Waals surface area contributed by atoms with Crippen LogP contribution in [0.25, 0.3) is 0 Å². The number of ether oxygens (including phenoxy) is 1. The number of hydrogen-bond donors (Lipinski definition) is 1. The SMILES string of the molecule is CCC[C@H](C(=O)OCC)S(=O)(=O)NC(=O)[C@@H]1C[C@@H]1c1c(F)cccc1Cl. The van der Waals surface area contributed by atoms with Crippen LogP contribution in [0.1, 0.15) is 44.6 Å². The van der Waals surface area contributed by atoms with E-state index in [0.29, 0.717) is 12.8 Å². The van der Waals surface area contributed by atoms with E-state index in [0.717, 1.165) is 0 Å². The van der Waals surface area contributed by atoms with Crippen molar-refractivity contribution in [1.82, 2.24) is 4.72 Å². The number of sulfonamides is 1. The molecule has 1 aromatic rings. The van der Waals surface area contributed by atoms with Crippen LogP contribution in [-0.2, 0) is 24.3 Å². The quantitative estimate of drug-likeness (QED) is 0.671. The first-order valence-corrected chi connectivity index (χ1v) is 10.3. The number of carbonyl (C=O) groups excluding carboxylic acids is 2. The molecule has 1 aliphatic carbocycles. The molecule has 0 spiro atoms. The van der Waals surface area contributed by atoms with Crippen LogP contribution in [0.5, 0.6) is 0 Å². The summed E-state index contributed by atoms with van der Waals surface area (Å²) in [5, 5.41) is -1.26. The second-order valence-corrected chi connectivity index (χ2v) is 8.40. The van der Waals surface area contributed by atoms with Gasteiger partial charge in [0.15, 0.2) is 5.25 Å². The Morgan fingerprint density at radius 2 is 2.08 bits per heavy atom. The van der Waals surface area contributed by atoms with Crippen molar-refractivity contribution in [3.63, 3.8) is 0 Å². The highest BCUT2D eigenvalue weighted by Gasteiger charge is 2.48. The molecule has 0 saturated heterocycles. The predicted octanol–water partition coefficient (Wildman–Crippen LogP) is 2.76. The number of halogens is 2. The molecule has 1 aliphatic rings. The van der Waals surface area contributed by atoms with Gasteiger partial charge in [0.25, 0.3) is 0 Å². The van der Waals surface area contributed by atoms with Crippen LogP contribution in [0.2, 0.25) is 5.02 Å². The van der Waals surface area contributed by atoms with Crippen molar-refractivity contribution >= 4 is 33.5 Å². The van der Waals surface area contributed by atoms with Crippen molar-refractivity contribution in [3.05, 3.63) is 34.6 Å². The summed E-state index contributed by atoms with van der Waals surface area (Å²) >= 11 is 5.98. The Hall–Kier alpha value is -1.67. The maximum absolute atomic E-state index is 13.9. The molecule has 26 heavy (non-hydrogen) atoms. The van der Waals surface area contributed by atoms with Crippen molar-refractivity contribution < 1.29 is 27.1 Å². The van der Waals surface area contributed by atoms with E-state index in [-0.39, 0.29) is 23.6 Å². The lowest BCUT2D eigenvalue weighted by Gasteiger charge is -2.16. The molecule has 1 saturated carbocycles. The third-order valence-electron chi connectivity index (χ3n) is 4.22. The number of benzene rings is 1. The Morgan fingerprint density at radius 1 is 1.38 bits per heavy atom. The standard InChI is InChI=1S/C17H21ClFNO5S/c1-3-6-14(17(22)25-4-2)26(23,24)20-16(21)11-9-10(11)15-12(18)7-5-8-13(15)19/h5,7-8,10-11,14H,3-4,6,9H2,1-2H3,(H,20,21)/t10-,11+,14+/m0/s1. The molecule has 1 fully saturated rings. The molecule has 9 heteroatoms. The predicted molar refractivity (Wildman–Crippen MR) is 94.6 cm³/mol. The van der Waals surface area contributed by atoms with Crippen LogP contribution >= 0.6 is 11.6 Å². The minimum atomic E-state index is -4.24. The average Bonchev–Trinajstić information content (AvgIpc) is 3.32. The van der Waals surface area contributed by atoms with Gasteiger partial charge in [-0.05, 0) is 31.9 Å². The highest BCUT2D eigenvalue weighted by atomic mass is 35.5. The third kappa shape index (κ3) is 4.54. The second kappa shape index (κ2) is 8.35. The summed E-state index contributed by atoms with van der Waals surface area (Å²) in [6, 6.07) is 4.21. The molecule has 3 atom stereocenters. The van der Waals surface area contributed by atoms with Crippen LogP contribution in [0, 0.1) is 11.7 Å². The zero-order valence-electron chi connectivity index (χ0n) is 14.5. The van der Waals surface area contributed by atoms with Gasteiger partial charge in [-0.3, -0.25) is 14.3 Å². The first-order valence-electron chi connectivity index (χ1n) is 8.38. The van der Waals surface area contributed by atoms with Crippen molar-refractivity contribution in [1.29, 1.82) is 0 Å². The maximum atomic E-state index is 13.9. The summed E-state index contributed by atoms with van der Waals surface area (Å²) < 4.78 is 45.5. The fourth-order valence-corrected chi connectivity index (χ4v) is 4.60. The smallest absolute Gasteiger partial charge is 0.326 e. The first kappa shape index (κ1) is 20.6. The minimum Gasteiger partial charge on any atom is -0.465 e. The van der Waals surface area contributed by atoms with Gasteiger partial charge in [0.2, 0.25) is 15.9 Å². The fraction of sp³-hybridized carbons (Fsp3) is 0.529. The number of rotatable bonds is 8. The molecule has 1 amide bonds. The van der Waals surface area contributed by atoms with Crippen LogP contribution in [0.3, 0.4) is 0 Å². The zero-order valence-corrected chi connectivity index (χ0v) is 16.1. The summed E-state index contributed by atoms with van der Waals surface area (Å²) in [6.07, 6.45) is 0.754. The zero-order chi connectivity index (χ0) is 19.5. The number of amides is 1. The van der Waals surface area contributed by atoms with Gasteiger partial charge in [-0.15, -0.1) is 0 Å². The van der Waals surface area contributed by atoms with Gasteiger partial charge in [0.05, 0.1) is 6.61 Å². The number of carbonyl (C=O) groups is 2. The molecule has 1 N–H and O–H groups in total. The van der Waals surface area contributed by atoms with E-state index in [1.807, 2.05) is 4.72 Å². The Morgan fingerprint density at radius 3 is 2.65 bits per heavy atom. The summed E-state index contributed by atoms with van der Waals surface area (Å²) in [6.45, 7) is 3.33. The highest BCUT2D eigenvalue weighted by Crippen LogP contribution is 2.50. The molecule has 0 unspecified atom stereocenters. The molecule has 0 aliphatic heterocycles. The van der Waals surface area contributed by atoms with Crippen molar-refractivity contribution in [2.45, 2.75) is 44.3 Å². The lowest BCUT2D eigenvalue weighted by atomic mass is 10.1. The number of hydrogen-bond acceptors (Lipinski definition) is 5. The van der Waals surface area contributed by atoms with Crippen LogP contribution in [-0.4, -0.2) is 32.2 Å². The van der Waals surface area contributed by atoms with E-state index in [2.05, 4.69) is 0 Å². The van der Waals surface area contributed by atoms with Gasteiger partial charge < -0.3 is 4.74 Å². The van der Waals surface area contributed by atoms with Gasteiger partial charge in [0, 0.05) is 22.4 Å². The van der Waals surface area contributed by atoms with E-state index >= 15 is 0 Å². The molecule has 0 aromatic heterocycles. The Kier molecular flexibility index (Phi) is 6.63. The van der Waals surface area contributed by atoms with Gasteiger partial charge >= 0.3 is 5.97 Å². The van der Waals surface area contributed by atoms with Gasteiger partial charge in [-0.1, -0.05) is 31.0 Å². The highest BCUT2D eigenvalue weighted by molar-refractivity contribution is 7.91. The molecule has 0 bridgehead atoms. The number of nitrogens with one attached hydrogen (secondary N) is 1. The van der Waals surface area contributed by atoms with Crippen molar-refractivity contribution in [2.75, 3.05) is 6.61 Å². The molecule has 0 radical (unpaired) electrons. The van der Waals surface area contributed by atoms with E-state index in [1.165, 1.54) is 18.2 Å². The molecule has 6 nitrogen and oxygen atoms in total. The van der Waals surface area contributed by atoms with E-state index < -0.39 is 44.8 Å². The van der Waals surface area contributed by atoms with Gasteiger partial charge in [-0.25, -0.2) is 12.8 Å². The largest absolute Gasteiger partial charge is 0.465 e. The van der Waals surface area contributed by atoms with Crippen LogP contribution in [0.15, 0.2) is 18.2 Å². The van der Waals surface area contributed by atoms with Gasteiger partial charge in [0.1, 0.15) is 5.82 Å². The molecule has 2 rings (SSSR count). The van der Waals surface area contributed by atoms with Crippen LogP contribution in [0.4, 0.5) is 4.39 Å². The Balaban J connectivity index is 2.10. The monoisotopic (exact) mass is 405 g/mol. The molecule has 0 heterocycles. The molecule has 1 aromatic carbocycles. The first-order chi connectivity index (χ1) is 12.2. The van der Waals surface area contributed by atoms with E-state index in [4.69, 9.17) is 16.3 Å². The molecule has 144 valence electrons. The second-order valence-electron chi connectivity index (χ2n) is 6.12. The average molecular weight is 406 g/mol. The molecular weight excluding hydrogens is 385 g/mol. The Bertz CT molecular complexity index is 778. The van der Waals surface area contributed by atoms with E-state index in [1.54, 1.807) is 13.8 Å². The normalized spacial score (nSPS) is 20.3. The summed E-state index contributed by atoms with van der Waals surface area (Å²) in [5.74, 6) is -3.37. The lowest BCUT2D eigenvalue weighted by molar-refractivity contribution is -0.142. The van der Waals surface area contributed by atoms with Crippen LogP contribution < -0.4 is 4.72 Å². The maximum Gasteiger partial charge on any atom is 0.326 e. The number of esters is 1. The topological polar surface area (TPSA) is 89.5 Å². The van der Waals surface area contributed by atoms with Crippen molar-refractivity contribution in [2.24, 2.45) is 5.92 Å². The molecular formula is C17H21ClFNO5S. The van der Waals surface area contributed by atoms with Crippen molar-refractivity contribution in [3.8, 4) is 0 Å². The van der Waals surface area contributed by atoms with E-state index in [9.17, 15) is 22.4 Å². The minimum absolute atomic E-state index is 0.0364. The van der Waals surface area contributed by atoms with Gasteiger partial charge in [-0.2, -0.15) is 0 Å². The summed E-state index contributed by atoms with van der Waals surface area (Å²) in [5.41, 5.74) is 0.210. The fourth-order valence-electron chi connectivity index (χ4n) is 2.85. The summed E-state index contributed by atoms with van der Waals surface area (Å²) in [7, 11) is -4.24. The lowest BCUT2D eigenvalue weighted by Crippen LogP contribution is -2.43.